The molecule has 0 aliphatic carbocycles. The lowest BCUT2D eigenvalue weighted by atomic mass is 10.1. The van der Waals surface area contributed by atoms with Gasteiger partial charge in [-0.3, -0.25) is 10.0 Å². The molecule has 1 aromatic heterocycles. The molecular formula is C11H10N4O4. The molecule has 0 aliphatic rings. The summed E-state index contributed by atoms with van der Waals surface area (Å²) in [6, 6.07) is 6.11. The first-order valence-corrected chi connectivity index (χ1v) is 5.27. The summed E-state index contributed by atoms with van der Waals surface area (Å²) < 4.78 is 1.26. The number of rotatable bonds is 4. The summed E-state index contributed by atoms with van der Waals surface area (Å²) in [7, 11) is 0. The molecule has 2 aromatic rings. The van der Waals surface area contributed by atoms with Crippen LogP contribution >= 0.6 is 0 Å². The standard InChI is InChI=1S/C11H10N4O4/c16-10(13-19)6-15-5-9(12-14-15)7-1-3-8(4-2-7)11(17)18/h1-5,19H,6H2,(H,13,16)(H,17,18). The van der Waals surface area contributed by atoms with Crippen molar-refractivity contribution in [3.63, 3.8) is 0 Å². The number of carboxylic acids is 1. The number of hydrogen-bond acceptors (Lipinski definition) is 5. The molecule has 1 heterocycles. The van der Waals surface area contributed by atoms with Crippen molar-refractivity contribution in [2.75, 3.05) is 0 Å². The lowest BCUT2D eigenvalue weighted by Crippen LogP contribution is -2.24. The third-order valence-corrected chi connectivity index (χ3v) is 2.40. The van der Waals surface area contributed by atoms with Gasteiger partial charge in [0.1, 0.15) is 12.2 Å². The van der Waals surface area contributed by atoms with Crippen LogP contribution in [0.5, 0.6) is 0 Å². The van der Waals surface area contributed by atoms with Crippen molar-refractivity contribution in [3.8, 4) is 11.3 Å². The normalized spacial score (nSPS) is 10.2. The first kappa shape index (κ1) is 12.7. The Morgan fingerprint density at radius 2 is 1.95 bits per heavy atom. The van der Waals surface area contributed by atoms with Crippen LogP contribution in [-0.4, -0.2) is 37.2 Å². The van der Waals surface area contributed by atoms with Crippen LogP contribution in [0.1, 0.15) is 10.4 Å². The van der Waals surface area contributed by atoms with Crippen molar-refractivity contribution in [1.29, 1.82) is 0 Å². The highest BCUT2D eigenvalue weighted by atomic mass is 16.5. The lowest BCUT2D eigenvalue weighted by Gasteiger charge is -1.98. The van der Waals surface area contributed by atoms with Gasteiger partial charge in [0.2, 0.25) is 0 Å². The van der Waals surface area contributed by atoms with Crippen LogP contribution in [0, 0.1) is 0 Å². The fourth-order valence-corrected chi connectivity index (χ4v) is 1.47. The summed E-state index contributed by atoms with van der Waals surface area (Å²) in [4.78, 5) is 21.6. The highest BCUT2D eigenvalue weighted by molar-refractivity contribution is 5.88. The molecule has 0 radical (unpaired) electrons. The molecule has 0 atom stereocenters. The molecule has 98 valence electrons. The third-order valence-electron chi connectivity index (χ3n) is 2.40. The van der Waals surface area contributed by atoms with E-state index in [1.165, 1.54) is 28.5 Å². The Labute approximate surface area is 107 Å². The fourth-order valence-electron chi connectivity index (χ4n) is 1.47. The van der Waals surface area contributed by atoms with E-state index >= 15 is 0 Å². The highest BCUT2D eigenvalue weighted by Gasteiger charge is 2.08. The molecule has 19 heavy (non-hydrogen) atoms. The van der Waals surface area contributed by atoms with E-state index in [9.17, 15) is 9.59 Å². The van der Waals surface area contributed by atoms with Crippen molar-refractivity contribution in [1.82, 2.24) is 20.5 Å². The van der Waals surface area contributed by atoms with Gasteiger partial charge in [0.15, 0.2) is 0 Å². The molecule has 0 saturated carbocycles. The molecule has 0 fully saturated rings. The van der Waals surface area contributed by atoms with Crippen molar-refractivity contribution < 1.29 is 19.9 Å². The smallest absolute Gasteiger partial charge is 0.335 e. The Morgan fingerprint density at radius 1 is 1.26 bits per heavy atom. The molecular weight excluding hydrogens is 252 g/mol. The maximum Gasteiger partial charge on any atom is 0.335 e. The predicted octanol–water partition coefficient (Wildman–Crippen LogP) is 0.149. The number of nitrogens with zero attached hydrogens (tertiary/aromatic N) is 3. The number of carboxylic acid groups (broad SMARTS) is 1. The molecule has 8 nitrogen and oxygen atoms in total. The fraction of sp³-hybridized carbons (Fsp3) is 0.0909. The van der Waals surface area contributed by atoms with Crippen LogP contribution in [0.3, 0.4) is 0 Å². The van der Waals surface area contributed by atoms with Gasteiger partial charge in [-0.25, -0.2) is 15.0 Å². The van der Waals surface area contributed by atoms with Crippen molar-refractivity contribution in [2.24, 2.45) is 0 Å². The molecule has 1 amide bonds. The number of carbonyl (C=O) groups is 2. The van der Waals surface area contributed by atoms with E-state index < -0.39 is 11.9 Å². The second-order valence-corrected chi connectivity index (χ2v) is 3.72. The van der Waals surface area contributed by atoms with Gasteiger partial charge in [0, 0.05) is 5.56 Å². The molecule has 1 aromatic carbocycles. The van der Waals surface area contributed by atoms with Crippen molar-refractivity contribution in [2.45, 2.75) is 6.54 Å². The summed E-state index contributed by atoms with van der Waals surface area (Å²) in [5.74, 6) is -1.62. The zero-order valence-electron chi connectivity index (χ0n) is 9.65. The van der Waals surface area contributed by atoms with E-state index in [0.717, 1.165) is 0 Å². The molecule has 8 heteroatoms. The quantitative estimate of drug-likeness (QED) is 0.533. The number of nitrogens with one attached hydrogen (secondary N) is 1. The second-order valence-electron chi connectivity index (χ2n) is 3.72. The Kier molecular flexibility index (Phi) is 3.53. The Hall–Kier alpha value is -2.74. The number of benzene rings is 1. The van der Waals surface area contributed by atoms with Gasteiger partial charge in [-0.1, -0.05) is 17.3 Å². The van der Waals surface area contributed by atoms with Crippen LogP contribution in [0.4, 0.5) is 0 Å². The van der Waals surface area contributed by atoms with Crippen molar-refractivity contribution >= 4 is 11.9 Å². The van der Waals surface area contributed by atoms with Gasteiger partial charge in [-0.05, 0) is 12.1 Å². The zero-order chi connectivity index (χ0) is 13.8. The van der Waals surface area contributed by atoms with Gasteiger partial charge in [-0.15, -0.1) is 5.10 Å². The van der Waals surface area contributed by atoms with E-state index in [-0.39, 0.29) is 12.1 Å². The number of amides is 1. The summed E-state index contributed by atoms with van der Waals surface area (Å²) in [6.07, 6.45) is 1.52. The molecule has 0 spiro atoms. The summed E-state index contributed by atoms with van der Waals surface area (Å²) in [6.45, 7) is -0.156. The molecule has 2 rings (SSSR count). The van der Waals surface area contributed by atoms with E-state index in [2.05, 4.69) is 10.3 Å². The predicted molar refractivity (Wildman–Crippen MR) is 62.3 cm³/mol. The van der Waals surface area contributed by atoms with Gasteiger partial charge < -0.3 is 5.11 Å². The molecule has 0 aliphatic heterocycles. The molecule has 3 N–H and O–H groups in total. The Balaban J connectivity index is 2.18. The first-order valence-electron chi connectivity index (χ1n) is 5.27. The summed E-state index contributed by atoms with van der Waals surface area (Å²) >= 11 is 0. The minimum Gasteiger partial charge on any atom is -0.478 e. The second kappa shape index (κ2) is 5.27. The topological polar surface area (TPSA) is 117 Å². The summed E-state index contributed by atoms with van der Waals surface area (Å²) in [5, 5.41) is 24.7. The number of aromatic carboxylic acids is 1. The monoisotopic (exact) mass is 262 g/mol. The van der Waals surface area contributed by atoms with Crippen molar-refractivity contribution in [3.05, 3.63) is 36.0 Å². The number of hydrogen-bond donors (Lipinski definition) is 3. The van der Waals surface area contributed by atoms with Crippen LogP contribution in [0.25, 0.3) is 11.3 Å². The van der Waals surface area contributed by atoms with Crippen LogP contribution in [-0.2, 0) is 11.3 Å². The van der Waals surface area contributed by atoms with Gasteiger partial charge in [-0.2, -0.15) is 0 Å². The first-order chi connectivity index (χ1) is 9.10. The summed E-state index contributed by atoms with van der Waals surface area (Å²) in [5.41, 5.74) is 2.85. The van der Waals surface area contributed by atoms with Crippen LogP contribution in [0.2, 0.25) is 0 Å². The SMILES string of the molecule is O=C(Cn1cc(-c2ccc(C(=O)O)cc2)nn1)NO. The van der Waals surface area contributed by atoms with Gasteiger partial charge >= 0.3 is 5.97 Å². The largest absolute Gasteiger partial charge is 0.478 e. The third kappa shape index (κ3) is 2.93. The maximum absolute atomic E-state index is 10.9. The van der Waals surface area contributed by atoms with E-state index in [1.54, 1.807) is 12.1 Å². The zero-order valence-corrected chi connectivity index (χ0v) is 9.65. The maximum atomic E-state index is 10.9. The van der Waals surface area contributed by atoms with Gasteiger partial charge in [0.05, 0.1) is 11.8 Å². The van der Waals surface area contributed by atoms with E-state index in [1.807, 2.05) is 0 Å². The molecule has 0 unspecified atom stereocenters. The Morgan fingerprint density at radius 3 is 2.53 bits per heavy atom. The number of hydroxylamine groups is 1. The van der Waals surface area contributed by atoms with Gasteiger partial charge in [0.25, 0.3) is 5.91 Å². The number of aromatic nitrogens is 3. The Bertz CT molecular complexity index is 605. The minimum atomic E-state index is -1.00. The van der Waals surface area contributed by atoms with E-state index in [4.69, 9.17) is 10.3 Å². The average molecular weight is 262 g/mol. The minimum absolute atomic E-state index is 0.156. The lowest BCUT2D eigenvalue weighted by molar-refractivity contribution is -0.130. The average Bonchev–Trinajstić information content (AvgIpc) is 2.87. The van der Waals surface area contributed by atoms with E-state index in [0.29, 0.717) is 11.3 Å². The molecule has 0 bridgehead atoms. The van der Waals surface area contributed by atoms with Crippen LogP contribution in [0.15, 0.2) is 30.5 Å². The highest BCUT2D eigenvalue weighted by Crippen LogP contribution is 2.16. The molecule has 0 saturated heterocycles. The van der Waals surface area contributed by atoms with Crippen LogP contribution < -0.4 is 5.48 Å². The number of carbonyl (C=O) groups excluding carboxylic acids is 1.